The van der Waals surface area contributed by atoms with E-state index in [0.29, 0.717) is 17.5 Å². The summed E-state index contributed by atoms with van der Waals surface area (Å²) < 4.78 is 5.89. The van der Waals surface area contributed by atoms with Gasteiger partial charge in [0.1, 0.15) is 12.4 Å². The zero-order chi connectivity index (χ0) is 17.4. The number of fused-ring (bicyclic) bond motifs is 3. The minimum absolute atomic E-state index is 0.115. The van der Waals surface area contributed by atoms with E-state index in [9.17, 15) is 0 Å². The molecule has 3 atom stereocenters. The Morgan fingerprint density at radius 1 is 1.16 bits per heavy atom. The SMILES string of the molecule is C=CCOc1ccccc1[C@H]1Nc2c(Cl)ccc(Cl)c2[C@@H]2C=CC[C@H]12. The molecule has 4 rings (SSSR count). The number of rotatable bonds is 4. The van der Waals surface area contributed by atoms with E-state index in [1.807, 2.05) is 30.3 Å². The molecule has 0 bridgehead atoms. The van der Waals surface area contributed by atoms with Crippen molar-refractivity contribution in [2.24, 2.45) is 5.92 Å². The lowest BCUT2D eigenvalue weighted by Crippen LogP contribution is -2.30. The van der Waals surface area contributed by atoms with Gasteiger partial charge in [0.05, 0.1) is 16.8 Å². The second-order valence-electron chi connectivity index (χ2n) is 6.43. The quantitative estimate of drug-likeness (QED) is 0.629. The number of nitrogens with one attached hydrogen (secondary N) is 1. The molecule has 1 aliphatic carbocycles. The first-order valence-electron chi connectivity index (χ1n) is 8.44. The van der Waals surface area contributed by atoms with Gasteiger partial charge in [-0.2, -0.15) is 0 Å². The Morgan fingerprint density at radius 2 is 1.96 bits per heavy atom. The van der Waals surface area contributed by atoms with Gasteiger partial charge in [-0.25, -0.2) is 0 Å². The average molecular weight is 372 g/mol. The highest BCUT2D eigenvalue weighted by Gasteiger charge is 2.40. The Morgan fingerprint density at radius 3 is 2.80 bits per heavy atom. The summed E-state index contributed by atoms with van der Waals surface area (Å²) in [5.74, 6) is 1.53. The summed E-state index contributed by atoms with van der Waals surface area (Å²) in [4.78, 5) is 0. The summed E-state index contributed by atoms with van der Waals surface area (Å²) in [6.07, 6.45) is 7.26. The van der Waals surface area contributed by atoms with Gasteiger partial charge >= 0.3 is 0 Å². The Bertz CT molecular complexity index is 846. The lowest BCUT2D eigenvalue weighted by Gasteiger charge is -2.38. The van der Waals surface area contributed by atoms with Crippen LogP contribution in [0.15, 0.2) is 61.2 Å². The van der Waals surface area contributed by atoms with Crippen LogP contribution in [0, 0.1) is 5.92 Å². The fourth-order valence-electron chi connectivity index (χ4n) is 3.95. The predicted octanol–water partition coefficient (Wildman–Crippen LogP) is 6.38. The zero-order valence-corrected chi connectivity index (χ0v) is 15.2. The molecule has 0 amide bonds. The Hall–Kier alpha value is -1.90. The molecule has 1 heterocycles. The monoisotopic (exact) mass is 371 g/mol. The maximum absolute atomic E-state index is 6.51. The first-order valence-corrected chi connectivity index (χ1v) is 9.20. The summed E-state index contributed by atoms with van der Waals surface area (Å²) in [5.41, 5.74) is 3.18. The van der Waals surface area contributed by atoms with Crippen LogP contribution in [0.2, 0.25) is 10.0 Å². The number of para-hydroxylation sites is 1. The molecule has 128 valence electrons. The Balaban J connectivity index is 1.80. The smallest absolute Gasteiger partial charge is 0.125 e. The van der Waals surface area contributed by atoms with Gasteiger partial charge in [0, 0.05) is 22.1 Å². The van der Waals surface area contributed by atoms with Crippen molar-refractivity contribution >= 4 is 28.9 Å². The van der Waals surface area contributed by atoms with E-state index >= 15 is 0 Å². The van der Waals surface area contributed by atoms with Crippen LogP contribution in [-0.4, -0.2) is 6.61 Å². The molecular weight excluding hydrogens is 353 g/mol. The van der Waals surface area contributed by atoms with Crippen molar-refractivity contribution in [2.75, 3.05) is 11.9 Å². The summed E-state index contributed by atoms with van der Waals surface area (Å²) in [5, 5.41) is 5.12. The molecule has 1 N–H and O–H groups in total. The number of allylic oxidation sites excluding steroid dienone is 2. The number of hydrogen-bond donors (Lipinski definition) is 1. The van der Waals surface area contributed by atoms with Gasteiger partial charge < -0.3 is 10.1 Å². The summed E-state index contributed by atoms with van der Waals surface area (Å²) in [7, 11) is 0. The molecule has 4 heteroatoms. The number of benzene rings is 2. The van der Waals surface area contributed by atoms with Gasteiger partial charge in [-0.1, -0.05) is 66.2 Å². The van der Waals surface area contributed by atoms with Gasteiger partial charge in [-0.15, -0.1) is 0 Å². The maximum Gasteiger partial charge on any atom is 0.125 e. The third kappa shape index (κ3) is 2.84. The highest BCUT2D eigenvalue weighted by Crippen LogP contribution is 2.54. The summed E-state index contributed by atoms with van der Waals surface area (Å²) >= 11 is 13.0. The molecule has 0 saturated carbocycles. The molecule has 2 aromatic carbocycles. The van der Waals surface area contributed by atoms with E-state index < -0.39 is 0 Å². The van der Waals surface area contributed by atoms with Crippen LogP contribution in [0.3, 0.4) is 0 Å². The van der Waals surface area contributed by atoms with Crippen molar-refractivity contribution < 1.29 is 4.74 Å². The van der Waals surface area contributed by atoms with E-state index in [0.717, 1.165) is 34.0 Å². The molecule has 1 aliphatic heterocycles. The first kappa shape index (κ1) is 16.6. The van der Waals surface area contributed by atoms with Crippen LogP contribution in [-0.2, 0) is 0 Å². The molecular formula is C21H19Cl2NO. The summed E-state index contributed by atoms with van der Waals surface area (Å²) in [6, 6.07) is 12.0. The van der Waals surface area contributed by atoms with E-state index in [1.54, 1.807) is 6.08 Å². The van der Waals surface area contributed by atoms with E-state index in [2.05, 4.69) is 30.1 Å². The van der Waals surface area contributed by atoms with Gasteiger partial charge in [0.25, 0.3) is 0 Å². The third-order valence-electron chi connectivity index (χ3n) is 5.03. The number of hydrogen-bond acceptors (Lipinski definition) is 2. The van der Waals surface area contributed by atoms with Crippen LogP contribution >= 0.6 is 23.2 Å². The third-order valence-corrected chi connectivity index (χ3v) is 5.67. The largest absolute Gasteiger partial charge is 0.489 e. The zero-order valence-electron chi connectivity index (χ0n) is 13.7. The van der Waals surface area contributed by atoms with Crippen LogP contribution in [0.5, 0.6) is 5.75 Å². The Kier molecular flexibility index (Phi) is 4.49. The fraction of sp³-hybridized carbons (Fsp3) is 0.238. The number of ether oxygens (including phenoxy) is 1. The molecule has 2 aliphatic rings. The molecule has 0 saturated heterocycles. The lowest BCUT2D eigenvalue weighted by molar-refractivity contribution is 0.346. The number of anilines is 1. The topological polar surface area (TPSA) is 21.3 Å². The molecule has 0 aromatic heterocycles. The molecule has 2 aromatic rings. The minimum atomic E-state index is 0.115. The standard InChI is InChI=1S/C21H19Cl2NO/c1-2-12-25-18-9-4-3-6-15(18)20-14-8-5-7-13(14)19-16(22)10-11-17(23)21(19)24-20/h2-7,9-11,13-14,20,24H,1,8,12H2/t13-,14+,20+/m1/s1. The van der Waals surface area contributed by atoms with Crippen molar-refractivity contribution in [3.05, 3.63) is 82.4 Å². The average Bonchev–Trinajstić information content (AvgIpc) is 3.12. The maximum atomic E-state index is 6.51. The van der Waals surface area contributed by atoms with Crippen molar-refractivity contribution in [1.29, 1.82) is 0 Å². The highest BCUT2D eigenvalue weighted by molar-refractivity contribution is 6.36. The van der Waals surface area contributed by atoms with Crippen LogP contribution in [0.1, 0.15) is 29.5 Å². The van der Waals surface area contributed by atoms with Gasteiger partial charge in [-0.3, -0.25) is 0 Å². The normalized spacial score (nSPS) is 23.5. The molecule has 0 spiro atoms. The van der Waals surface area contributed by atoms with Crippen molar-refractivity contribution in [2.45, 2.75) is 18.4 Å². The van der Waals surface area contributed by atoms with Crippen molar-refractivity contribution in [3.63, 3.8) is 0 Å². The van der Waals surface area contributed by atoms with E-state index in [-0.39, 0.29) is 12.0 Å². The minimum Gasteiger partial charge on any atom is -0.489 e. The molecule has 0 fully saturated rings. The second kappa shape index (κ2) is 6.78. The Labute approximate surface area is 158 Å². The van der Waals surface area contributed by atoms with Crippen LogP contribution in [0.4, 0.5) is 5.69 Å². The highest BCUT2D eigenvalue weighted by atomic mass is 35.5. The molecule has 2 nitrogen and oxygen atoms in total. The van der Waals surface area contributed by atoms with Gasteiger partial charge in [-0.05, 0) is 30.5 Å². The predicted molar refractivity (Wildman–Crippen MR) is 105 cm³/mol. The second-order valence-corrected chi connectivity index (χ2v) is 7.25. The van der Waals surface area contributed by atoms with Crippen molar-refractivity contribution in [1.82, 2.24) is 0 Å². The van der Waals surface area contributed by atoms with Crippen LogP contribution in [0.25, 0.3) is 0 Å². The summed E-state index contributed by atoms with van der Waals surface area (Å²) in [6.45, 7) is 4.22. The van der Waals surface area contributed by atoms with Crippen molar-refractivity contribution in [3.8, 4) is 5.75 Å². The molecule has 0 radical (unpaired) electrons. The lowest BCUT2D eigenvalue weighted by atomic mass is 9.77. The van der Waals surface area contributed by atoms with E-state index in [1.165, 1.54) is 0 Å². The number of halogens is 2. The van der Waals surface area contributed by atoms with Crippen LogP contribution < -0.4 is 10.1 Å². The van der Waals surface area contributed by atoms with Gasteiger partial charge in [0.2, 0.25) is 0 Å². The molecule has 25 heavy (non-hydrogen) atoms. The molecule has 0 unspecified atom stereocenters. The fourth-order valence-corrected chi connectivity index (χ4v) is 4.46. The first-order chi connectivity index (χ1) is 12.2. The van der Waals surface area contributed by atoms with E-state index in [4.69, 9.17) is 27.9 Å². The van der Waals surface area contributed by atoms with Gasteiger partial charge in [0.15, 0.2) is 0 Å².